The maximum absolute atomic E-state index is 3.84. The summed E-state index contributed by atoms with van der Waals surface area (Å²) in [6.45, 7) is 6.19. The molecule has 0 aromatic heterocycles. The lowest BCUT2D eigenvalue weighted by Crippen LogP contribution is -2.52. The van der Waals surface area contributed by atoms with Gasteiger partial charge in [0.1, 0.15) is 0 Å². The maximum atomic E-state index is 3.84. The van der Waals surface area contributed by atoms with Crippen LogP contribution in [0.4, 0.5) is 0 Å². The third kappa shape index (κ3) is 9.06. The second kappa shape index (κ2) is 15.0. The highest BCUT2D eigenvalue weighted by Crippen LogP contribution is 2.09. The van der Waals surface area contributed by atoms with Crippen molar-refractivity contribution < 1.29 is 0 Å². The Morgan fingerprint density at radius 2 is 0.944 bits per heavy atom. The van der Waals surface area contributed by atoms with Crippen molar-refractivity contribution in [2.75, 3.05) is 19.6 Å². The normalized spacial score (nSPS) is 12.0. The zero-order valence-corrected chi connectivity index (χ0v) is 21.0. The fourth-order valence-corrected chi connectivity index (χ4v) is 4.33. The highest BCUT2D eigenvalue weighted by molar-refractivity contribution is 5.17. The molecule has 0 aliphatic rings. The van der Waals surface area contributed by atoms with Gasteiger partial charge in [0.2, 0.25) is 0 Å². The van der Waals surface area contributed by atoms with Crippen LogP contribution in [0.2, 0.25) is 0 Å². The topological polar surface area (TPSA) is 39.3 Å². The summed E-state index contributed by atoms with van der Waals surface area (Å²) in [5.41, 5.74) is 5.25. The lowest BCUT2D eigenvalue weighted by Gasteiger charge is -2.33. The van der Waals surface area contributed by atoms with Crippen LogP contribution in [0, 0.1) is 0 Å². The molecule has 4 aromatic carbocycles. The van der Waals surface area contributed by atoms with Gasteiger partial charge in [-0.2, -0.15) is 0 Å². The average Bonchev–Trinajstić information content (AvgIpc) is 2.94. The van der Waals surface area contributed by atoms with Gasteiger partial charge in [-0.15, -0.1) is 0 Å². The van der Waals surface area contributed by atoms with E-state index in [4.69, 9.17) is 0 Å². The quantitative estimate of drug-likeness (QED) is 0.163. The number of benzene rings is 4. The zero-order chi connectivity index (χ0) is 24.7. The molecule has 0 saturated carbocycles. The van der Waals surface area contributed by atoms with Crippen LogP contribution in [0.5, 0.6) is 0 Å². The first kappa shape index (κ1) is 25.8. The molecule has 0 spiro atoms. The Labute approximate surface area is 216 Å². The molecule has 0 amide bonds. The third-order valence-electron chi connectivity index (χ3n) is 6.31. The summed E-state index contributed by atoms with van der Waals surface area (Å²) >= 11 is 0. The van der Waals surface area contributed by atoms with E-state index in [-0.39, 0.29) is 6.17 Å². The van der Waals surface area contributed by atoms with Crippen molar-refractivity contribution in [1.82, 2.24) is 20.9 Å². The molecule has 0 fully saturated rings. The molecule has 4 aromatic rings. The summed E-state index contributed by atoms with van der Waals surface area (Å²) in [6.07, 6.45) is 0.188. The van der Waals surface area contributed by atoms with E-state index >= 15 is 0 Å². The van der Waals surface area contributed by atoms with Crippen molar-refractivity contribution in [2.24, 2.45) is 0 Å². The minimum atomic E-state index is 0.188. The van der Waals surface area contributed by atoms with E-state index in [0.717, 1.165) is 45.8 Å². The fourth-order valence-electron chi connectivity index (χ4n) is 4.33. The molecule has 1 unspecified atom stereocenters. The Morgan fingerprint density at radius 3 is 1.47 bits per heavy atom. The van der Waals surface area contributed by atoms with Gasteiger partial charge in [0.15, 0.2) is 0 Å². The Morgan fingerprint density at radius 1 is 0.500 bits per heavy atom. The van der Waals surface area contributed by atoms with Crippen LogP contribution in [0.25, 0.3) is 0 Å². The van der Waals surface area contributed by atoms with Crippen LogP contribution in [-0.4, -0.2) is 30.7 Å². The largest absolute Gasteiger partial charge is 0.311 e. The molecule has 1 atom stereocenters. The molecular formula is C32H38N4. The van der Waals surface area contributed by atoms with E-state index in [1.54, 1.807) is 0 Å². The van der Waals surface area contributed by atoms with E-state index in [9.17, 15) is 0 Å². The van der Waals surface area contributed by atoms with E-state index in [1.165, 1.54) is 22.3 Å². The number of rotatable bonds is 15. The van der Waals surface area contributed by atoms with Crippen LogP contribution in [0.3, 0.4) is 0 Å². The van der Waals surface area contributed by atoms with Crippen molar-refractivity contribution in [2.45, 2.75) is 32.3 Å². The second-order valence-corrected chi connectivity index (χ2v) is 9.12. The van der Waals surface area contributed by atoms with Gasteiger partial charge in [-0.25, -0.2) is 0 Å². The average molecular weight is 479 g/mol. The number of nitrogens with zero attached hydrogens (tertiary/aromatic N) is 1. The molecule has 4 heteroatoms. The maximum Gasteiger partial charge on any atom is 0.0731 e. The molecule has 0 heterocycles. The van der Waals surface area contributed by atoms with E-state index in [2.05, 4.69) is 142 Å². The van der Waals surface area contributed by atoms with Gasteiger partial charge < -0.3 is 10.6 Å². The predicted molar refractivity (Wildman–Crippen MR) is 150 cm³/mol. The lowest BCUT2D eigenvalue weighted by atomic mass is 10.2. The van der Waals surface area contributed by atoms with E-state index in [1.807, 2.05) is 0 Å². The molecule has 0 saturated heterocycles. The smallest absolute Gasteiger partial charge is 0.0731 e. The van der Waals surface area contributed by atoms with Gasteiger partial charge >= 0.3 is 0 Å². The Bertz CT molecular complexity index is 1090. The Kier molecular flexibility index (Phi) is 10.7. The van der Waals surface area contributed by atoms with E-state index < -0.39 is 0 Å². The van der Waals surface area contributed by atoms with Crippen molar-refractivity contribution >= 4 is 0 Å². The molecule has 0 aliphatic heterocycles. The first-order valence-corrected chi connectivity index (χ1v) is 12.9. The summed E-state index contributed by atoms with van der Waals surface area (Å²) in [7, 11) is 0. The van der Waals surface area contributed by atoms with Crippen LogP contribution in [0.1, 0.15) is 22.3 Å². The summed E-state index contributed by atoms with van der Waals surface area (Å²) in [5.74, 6) is 0. The van der Waals surface area contributed by atoms with Crippen molar-refractivity contribution in [3.8, 4) is 0 Å². The molecule has 186 valence electrons. The summed E-state index contributed by atoms with van der Waals surface area (Å²) in [5, 5.41) is 11.2. The number of nitrogens with one attached hydrogen (secondary N) is 3. The first-order chi connectivity index (χ1) is 17.9. The molecule has 0 radical (unpaired) electrons. The van der Waals surface area contributed by atoms with Gasteiger partial charge in [-0.05, 0) is 22.3 Å². The molecule has 36 heavy (non-hydrogen) atoms. The zero-order valence-electron chi connectivity index (χ0n) is 21.0. The second-order valence-electron chi connectivity index (χ2n) is 9.12. The highest BCUT2D eigenvalue weighted by atomic mass is 15.3. The van der Waals surface area contributed by atoms with Crippen molar-refractivity contribution in [3.63, 3.8) is 0 Å². The highest BCUT2D eigenvalue weighted by Gasteiger charge is 2.18. The molecule has 3 N–H and O–H groups in total. The first-order valence-electron chi connectivity index (χ1n) is 12.9. The van der Waals surface area contributed by atoms with Crippen molar-refractivity contribution in [3.05, 3.63) is 144 Å². The molecular weight excluding hydrogens is 440 g/mol. The van der Waals surface area contributed by atoms with Gasteiger partial charge in [-0.1, -0.05) is 121 Å². The SMILES string of the molecule is c1ccc(CNCCN(Cc2ccccc2)C(CNCc2ccccc2)NCc2ccccc2)cc1. The van der Waals surface area contributed by atoms with Crippen LogP contribution >= 0.6 is 0 Å². The Balaban J connectivity index is 1.42. The van der Waals surface area contributed by atoms with Gasteiger partial charge in [0.05, 0.1) is 6.17 Å². The monoisotopic (exact) mass is 478 g/mol. The molecule has 0 aliphatic carbocycles. The fraction of sp³-hybridized carbons (Fsp3) is 0.250. The van der Waals surface area contributed by atoms with Crippen LogP contribution in [-0.2, 0) is 26.2 Å². The number of hydrogen-bond donors (Lipinski definition) is 3. The van der Waals surface area contributed by atoms with Gasteiger partial charge in [-0.3, -0.25) is 10.2 Å². The predicted octanol–water partition coefficient (Wildman–Crippen LogP) is 5.18. The summed E-state index contributed by atoms with van der Waals surface area (Å²) in [4.78, 5) is 2.55. The van der Waals surface area contributed by atoms with Gasteiger partial charge in [0, 0.05) is 45.8 Å². The summed E-state index contributed by atoms with van der Waals surface area (Å²) in [6, 6.07) is 42.7. The summed E-state index contributed by atoms with van der Waals surface area (Å²) < 4.78 is 0. The third-order valence-corrected chi connectivity index (χ3v) is 6.31. The number of hydrogen-bond acceptors (Lipinski definition) is 4. The molecule has 0 bridgehead atoms. The van der Waals surface area contributed by atoms with Crippen molar-refractivity contribution in [1.29, 1.82) is 0 Å². The van der Waals surface area contributed by atoms with Crippen LogP contribution in [0.15, 0.2) is 121 Å². The minimum absolute atomic E-state index is 0.188. The molecule has 4 rings (SSSR count). The minimum Gasteiger partial charge on any atom is -0.311 e. The molecule has 4 nitrogen and oxygen atoms in total. The lowest BCUT2D eigenvalue weighted by molar-refractivity contribution is 0.151. The standard InChI is InChI=1S/C32H38N4/c1-5-13-28(14-6-1)23-33-21-22-36(27-31-19-11-4-12-20-31)32(35-25-30-17-9-3-10-18-30)26-34-24-29-15-7-2-8-16-29/h1-20,32-35H,21-27H2. The van der Waals surface area contributed by atoms with E-state index in [0.29, 0.717) is 0 Å². The van der Waals surface area contributed by atoms with Crippen LogP contribution < -0.4 is 16.0 Å². The Hall–Kier alpha value is -3.28. The van der Waals surface area contributed by atoms with Gasteiger partial charge in [0.25, 0.3) is 0 Å².